The fourth-order valence-electron chi connectivity index (χ4n) is 2.08. The Morgan fingerprint density at radius 2 is 2.10 bits per heavy atom. The summed E-state index contributed by atoms with van der Waals surface area (Å²) in [5.74, 6) is 0.390. The van der Waals surface area contributed by atoms with Gasteiger partial charge in [0.1, 0.15) is 17.4 Å². The minimum atomic E-state index is -0.881. The zero-order chi connectivity index (χ0) is 15.4. The highest BCUT2D eigenvalue weighted by molar-refractivity contribution is 5.78. The molecule has 1 heterocycles. The van der Waals surface area contributed by atoms with Crippen LogP contribution in [0.15, 0.2) is 34.7 Å². The summed E-state index contributed by atoms with van der Waals surface area (Å²) in [5, 5.41) is 14.0. The summed E-state index contributed by atoms with van der Waals surface area (Å²) in [6.45, 7) is 4.10. The van der Waals surface area contributed by atoms with Crippen molar-refractivity contribution >= 4 is 16.9 Å². The van der Waals surface area contributed by atoms with Crippen LogP contribution in [0.4, 0.5) is 0 Å². The molecule has 5 heteroatoms. The van der Waals surface area contributed by atoms with Crippen LogP contribution in [0.2, 0.25) is 0 Å². The van der Waals surface area contributed by atoms with Crippen LogP contribution in [0.3, 0.4) is 0 Å². The lowest BCUT2D eigenvalue weighted by atomic mass is 10.1. The first-order chi connectivity index (χ1) is 9.99. The van der Waals surface area contributed by atoms with E-state index >= 15 is 0 Å². The average Bonchev–Trinajstić information content (AvgIpc) is 2.89. The van der Waals surface area contributed by atoms with Crippen LogP contribution in [0.1, 0.15) is 32.1 Å². The third-order valence-electron chi connectivity index (χ3n) is 3.44. The summed E-state index contributed by atoms with van der Waals surface area (Å²) in [4.78, 5) is 11.4. The Kier molecular flexibility index (Phi) is 4.98. The number of furan rings is 1. The molecule has 0 spiro atoms. The SMILES string of the molecule is CC(C)C(=O)NCCC(N)C(O)c1cc2ccccc2o1. The van der Waals surface area contributed by atoms with E-state index in [4.69, 9.17) is 10.2 Å². The highest BCUT2D eigenvalue weighted by Crippen LogP contribution is 2.25. The Balaban J connectivity index is 1.92. The number of nitrogens with one attached hydrogen (secondary N) is 1. The van der Waals surface area contributed by atoms with E-state index in [0.29, 0.717) is 18.7 Å². The van der Waals surface area contributed by atoms with E-state index in [1.54, 1.807) is 6.07 Å². The molecule has 0 radical (unpaired) electrons. The molecule has 4 N–H and O–H groups in total. The van der Waals surface area contributed by atoms with Crippen LogP contribution >= 0.6 is 0 Å². The summed E-state index contributed by atoms with van der Waals surface area (Å²) in [6.07, 6.45) is -0.398. The summed E-state index contributed by atoms with van der Waals surface area (Å²) < 4.78 is 5.60. The number of aliphatic hydroxyl groups excluding tert-OH is 1. The monoisotopic (exact) mass is 290 g/mol. The summed E-state index contributed by atoms with van der Waals surface area (Å²) in [6, 6.07) is 8.87. The third kappa shape index (κ3) is 3.83. The molecule has 2 atom stereocenters. The Morgan fingerprint density at radius 1 is 1.38 bits per heavy atom. The fourth-order valence-corrected chi connectivity index (χ4v) is 2.08. The number of carbonyl (C=O) groups is 1. The largest absolute Gasteiger partial charge is 0.458 e. The Labute approximate surface area is 124 Å². The molecule has 114 valence electrons. The number of hydrogen-bond acceptors (Lipinski definition) is 4. The number of hydrogen-bond donors (Lipinski definition) is 3. The summed E-state index contributed by atoms with van der Waals surface area (Å²) in [7, 11) is 0. The van der Waals surface area contributed by atoms with Crippen LogP contribution in [0, 0.1) is 5.92 Å². The molecule has 21 heavy (non-hydrogen) atoms. The molecule has 2 unspecified atom stereocenters. The molecule has 1 aromatic heterocycles. The van der Waals surface area contributed by atoms with Gasteiger partial charge >= 0.3 is 0 Å². The van der Waals surface area contributed by atoms with Crippen molar-refractivity contribution in [2.75, 3.05) is 6.54 Å². The van der Waals surface area contributed by atoms with Crippen molar-refractivity contribution in [2.45, 2.75) is 32.4 Å². The van der Waals surface area contributed by atoms with Gasteiger partial charge in [-0.1, -0.05) is 32.0 Å². The minimum absolute atomic E-state index is 0.0135. The normalized spacial score (nSPS) is 14.3. The number of fused-ring (bicyclic) bond motifs is 1. The standard InChI is InChI=1S/C16H22N2O3/c1-10(2)16(20)18-8-7-12(17)15(19)14-9-11-5-3-4-6-13(11)21-14/h3-6,9-10,12,15,19H,7-8,17H2,1-2H3,(H,18,20). The van der Waals surface area contributed by atoms with Crippen LogP contribution in [0.5, 0.6) is 0 Å². The molecule has 2 rings (SSSR count). The molecule has 2 aromatic rings. The third-order valence-corrected chi connectivity index (χ3v) is 3.44. The van der Waals surface area contributed by atoms with E-state index in [2.05, 4.69) is 5.32 Å². The number of nitrogens with two attached hydrogens (primary N) is 1. The lowest BCUT2D eigenvalue weighted by Crippen LogP contribution is -2.35. The zero-order valence-electron chi connectivity index (χ0n) is 12.4. The molecule has 0 aliphatic carbocycles. The molecule has 0 bridgehead atoms. The minimum Gasteiger partial charge on any atom is -0.458 e. The molecule has 0 aliphatic rings. The molecule has 1 aromatic carbocycles. The average molecular weight is 290 g/mol. The number of benzene rings is 1. The van der Waals surface area contributed by atoms with Crippen molar-refractivity contribution in [1.29, 1.82) is 0 Å². The highest BCUT2D eigenvalue weighted by atomic mass is 16.4. The van der Waals surface area contributed by atoms with Gasteiger partial charge in [-0.3, -0.25) is 4.79 Å². The second-order valence-corrected chi connectivity index (χ2v) is 5.53. The quantitative estimate of drug-likeness (QED) is 0.758. The maximum atomic E-state index is 11.4. The van der Waals surface area contributed by atoms with Gasteiger partial charge in [0.25, 0.3) is 0 Å². The van der Waals surface area contributed by atoms with Gasteiger partial charge in [-0.25, -0.2) is 0 Å². The van der Waals surface area contributed by atoms with Gasteiger partial charge in [0.15, 0.2) is 0 Å². The van der Waals surface area contributed by atoms with Crippen LogP contribution < -0.4 is 11.1 Å². The smallest absolute Gasteiger partial charge is 0.222 e. The van der Waals surface area contributed by atoms with E-state index < -0.39 is 12.1 Å². The van der Waals surface area contributed by atoms with Gasteiger partial charge in [-0.2, -0.15) is 0 Å². The first kappa shape index (κ1) is 15.5. The van der Waals surface area contributed by atoms with Gasteiger partial charge < -0.3 is 20.6 Å². The predicted molar refractivity (Wildman–Crippen MR) is 81.6 cm³/mol. The molecule has 0 fully saturated rings. The molecule has 5 nitrogen and oxygen atoms in total. The van der Waals surface area contributed by atoms with Crippen molar-refractivity contribution in [3.05, 3.63) is 36.1 Å². The first-order valence-corrected chi connectivity index (χ1v) is 7.19. The van der Waals surface area contributed by atoms with Gasteiger partial charge in [0.05, 0.1) is 0 Å². The van der Waals surface area contributed by atoms with Crippen molar-refractivity contribution in [3.63, 3.8) is 0 Å². The summed E-state index contributed by atoms with van der Waals surface area (Å²) >= 11 is 0. The van der Waals surface area contributed by atoms with E-state index in [9.17, 15) is 9.90 Å². The second kappa shape index (κ2) is 6.74. The van der Waals surface area contributed by atoms with E-state index in [1.165, 1.54) is 0 Å². The first-order valence-electron chi connectivity index (χ1n) is 7.19. The van der Waals surface area contributed by atoms with E-state index in [1.807, 2.05) is 38.1 Å². The van der Waals surface area contributed by atoms with Crippen molar-refractivity contribution in [2.24, 2.45) is 11.7 Å². The van der Waals surface area contributed by atoms with Crippen LogP contribution in [-0.4, -0.2) is 23.6 Å². The van der Waals surface area contributed by atoms with Crippen molar-refractivity contribution < 1.29 is 14.3 Å². The van der Waals surface area contributed by atoms with Crippen LogP contribution in [0.25, 0.3) is 11.0 Å². The molecular formula is C16H22N2O3. The summed E-state index contributed by atoms with van der Waals surface area (Å²) in [5.41, 5.74) is 6.70. The predicted octanol–water partition coefficient (Wildman–Crippen LogP) is 1.96. The van der Waals surface area contributed by atoms with Gasteiger partial charge in [-0.15, -0.1) is 0 Å². The maximum absolute atomic E-state index is 11.4. The fraction of sp³-hybridized carbons (Fsp3) is 0.438. The molecule has 0 saturated heterocycles. The number of carbonyl (C=O) groups excluding carboxylic acids is 1. The topological polar surface area (TPSA) is 88.5 Å². The Morgan fingerprint density at radius 3 is 2.76 bits per heavy atom. The molecule has 0 saturated carbocycles. The number of para-hydroxylation sites is 1. The lowest BCUT2D eigenvalue weighted by Gasteiger charge is -2.17. The molecular weight excluding hydrogens is 268 g/mol. The Bertz CT molecular complexity index is 573. The van der Waals surface area contributed by atoms with E-state index in [-0.39, 0.29) is 11.8 Å². The van der Waals surface area contributed by atoms with Crippen molar-refractivity contribution in [3.8, 4) is 0 Å². The number of amides is 1. The van der Waals surface area contributed by atoms with E-state index in [0.717, 1.165) is 11.0 Å². The van der Waals surface area contributed by atoms with Crippen molar-refractivity contribution in [1.82, 2.24) is 5.32 Å². The second-order valence-electron chi connectivity index (χ2n) is 5.53. The Hall–Kier alpha value is -1.85. The highest BCUT2D eigenvalue weighted by Gasteiger charge is 2.21. The molecule has 1 amide bonds. The number of aliphatic hydroxyl groups is 1. The van der Waals surface area contributed by atoms with Gasteiger partial charge in [0.2, 0.25) is 5.91 Å². The maximum Gasteiger partial charge on any atom is 0.222 e. The van der Waals surface area contributed by atoms with Gasteiger partial charge in [0, 0.05) is 23.9 Å². The van der Waals surface area contributed by atoms with Crippen LogP contribution in [-0.2, 0) is 4.79 Å². The molecule has 0 aliphatic heterocycles. The number of rotatable bonds is 6. The zero-order valence-corrected chi connectivity index (χ0v) is 12.4. The van der Waals surface area contributed by atoms with Gasteiger partial charge in [-0.05, 0) is 18.6 Å². The lowest BCUT2D eigenvalue weighted by molar-refractivity contribution is -0.124.